The number of hydrogen-bond acceptors (Lipinski definition) is 2. The van der Waals surface area contributed by atoms with Crippen LogP contribution >= 0.6 is 0 Å². The minimum Gasteiger partial charge on any atom is -0.312 e. The van der Waals surface area contributed by atoms with Crippen molar-refractivity contribution in [1.82, 2.24) is 0 Å². The highest BCUT2D eigenvalue weighted by molar-refractivity contribution is 6.09. The molecule has 2 heteroatoms. The van der Waals surface area contributed by atoms with E-state index in [0.717, 1.165) is 52.1 Å². The lowest BCUT2D eigenvalue weighted by molar-refractivity contribution is 0.768. The Bertz CT molecular complexity index is 3550. The summed E-state index contributed by atoms with van der Waals surface area (Å²) in [5.41, 5.74) is 18.1. The second-order valence-electron chi connectivity index (χ2n) is 17.8. The molecule has 11 rings (SSSR count). The predicted octanol–water partition coefficient (Wildman–Crippen LogP) is 16.9. The van der Waals surface area contributed by atoms with E-state index in [9.17, 15) is 0 Å². The molecule has 0 saturated carbocycles. The van der Waals surface area contributed by atoms with Gasteiger partial charge in [0.15, 0.2) is 0 Å². The monoisotopic (exact) mass is 882 g/mol. The van der Waals surface area contributed by atoms with Crippen LogP contribution in [0.4, 0.5) is 22.7 Å². The van der Waals surface area contributed by atoms with Crippen molar-refractivity contribution >= 4 is 56.4 Å². The highest BCUT2D eigenvalue weighted by atomic mass is 15.2. The molecule has 328 valence electrons. The van der Waals surface area contributed by atoms with Crippen LogP contribution in [0.5, 0.6) is 0 Å². The third-order valence-corrected chi connectivity index (χ3v) is 13.9. The Hall–Kier alpha value is -8.90. The Balaban J connectivity index is 0.993. The molecule has 9 aromatic rings. The van der Waals surface area contributed by atoms with Crippen molar-refractivity contribution in [2.75, 3.05) is 9.80 Å². The summed E-state index contributed by atoms with van der Waals surface area (Å²) in [7, 11) is 0. The summed E-state index contributed by atoms with van der Waals surface area (Å²) in [6, 6.07) is 71.8. The first-order chi connectivity index (χ1) is 34.0. The topological polar surface area (TPSA) is 6.48 Å². The summed E-state index contributed by atoms with van der Waals surface area (Å²) in [4.78, 5) is 4.49. The summed E-state index contributed by atoms with van der Waals surface area (Å²) in [6.45, 7) is 12.4. The molecule has 0 fully saturated rings. The van der Waals surface area contributed by atoms with E-state index in [0.29, 0.717) is 0 Å². The molecular formula is C67H50N2. The fourth-order valence-corrected chi connectivity index (χ4v) is 10.8. The zero-order chi connectivity index (χ0) is 46.9. The number of aryl methyl sites for hydroxylation is 2. The molecule has 0 spiro atoms. The number of anilines is 4. The minimum atomic E-state index is -0.569. The Labute approximate surface area is 406 Å². The van der Waals surface area contributed by atoms with Crippen molar-refractivity contribution in [1.29, 1.82) is 0 Å². The van der Waals surface area contributed by atoms with Crippen LogP contribution in [0.15, 0.2) is 256 Å². The van der Waals surface area contributed by atoms with Gasteiger partial charge >= 0.3 is 0 Å². The molecule has 0 saturated heterocycles. The number of fused-ring (bicyclic) bond motifs is 8. The molecule has 0 atom stereocenters. The Kier molecular flexibility index (Phi) is 11.2. The van der Waals surface area contributed by atoms with Crippen LogP contribution in [0.2, 0.25) is 0 Å². The first kappa shape index (κ1) is 42.7. The molecule has 9 aromatic carbocycles. The van der Waals surface area contributed by atoms with E-state index in [-0.39, 0.29) is 0 Å². The van der Waals surface area contributed by atoms with Crippen molar-refractivity contribution in [3.63, 3.8) is 0 Å². The number of benzene rings is 9. The maximum absolute atomic E-state index is 5.54. The SMILES string of the molecule is C#C/C=C\C(=C)N(C(=C)/C=C\C=C)c1ccc2c(ccc3cc(/C=C/c4ccc5c(c4)C(c4ccccc4)(c4ccccc4)c4cc(N6c7ccccc7CCc7ccccc76)ccc4-5)ccc32)c1. The van der Waals surface area contributed by atoms with Gasteiger partial charge in [0.1, 0.15) is 0 Å². The molecule has 2 nitrogen and oxygen atoms in total. The van der Waals surface area contributed by atoms with Gasteiger partial charge in [0.05, 0.1) is 5.41 Å². The third-order valence-electron chi connectivity index (χ3n) is 13.9. The average Bonchev–Trinajstić information content (AvgIpc) is 3.57. The second-order valence-corrected chi connectivity index (χ2v) is 17.8. The first-order valence-corrected chi connectivity index (χ1v) is 23.6. The lowest BCUT2D eigenvalue weighted by Crippen LogP contribution is -2.29. The van der Waals surface area contributed by atoms with E-state index >= 15 is 0 Å². The molecule has 0 bridgehead atoms. The lowest BCUT2D eigenvalue weighted by Gasteiger charge is -2.35. The maximum atomic E-state index is 5.54. The van der Waals surface area contributed by atoms with E-state index in [1.807, 2.05) is 23.1 Å². The molecule has 2 aliphatic rings. The fourth-order valence-electron chi connectivity index (χ4n) is 10.8. The fraction of sp³-hybridized carbons (Fsp3) is 0.0448. The van der Waals surface area contributed by atoms with Crippen LogP contribution in [-0.2, 0) is 18.3 Å². The van der Waals surface area contributed by atoms with Gasteiger partial charge in [0.2, 0.25) is 0 Å². The van der Waals surface area contributed by atoms with Gasteiger partial charge in [-0.2, -0.15) is 0 Å². The van der Waals surface area contributed by atoms with Crippen LogP contribution < -0.4 is 9.80 Å². The lowest BCUT2D eigenvalue weighted by atomic mass is 9.67. The highest BCUT2D eigenvalue weighted by Gasteiger charge is 2.46. The van der Waals surface area contributed by atoms with E-state index < -0.39 is 5.41 Å². The molecule has 0 radical (unpaired) electrons. The number of para-hydroxylation sites is 2. The van der Waals surface area contributed by atoms with Crippen LogP contribution in [0.25, 0.3) is 44.8 Å². The second kappa shape index (κ2) is 18.1. The van der Waals surface area contributed by atoms with Crippen molar-refractivity contribution in [2.45, 2.75) is 18.3 Å². The summed E-state index contributed by atoms with van der Waals surface area (Å²) in [5, 5.41) is 4.66. The van der Waals surface area contributed by atoms with E-state index in [2.05, 4.69) is 237 Å². The normalized spacial score (nSPS) is 13.5. The smallest absolute Gasteiger partial charge is 0.0714 e. The van der Waals surface area contributed by atoms with Gasteiger partial charge in [-0.3, -0.25) is 0 Å². The Morgan fingerprint density at radius 2 is 1.09 bits per heavy atom. The van der Waals surface area contributed by atoms with E-state index in [1.165, 1.54) is 72.0 Å². The van der Waals surface area contributed by atoms with Crippen LogP contribution in [0, 0.1) is 12.3 Å². The summed E-state index contributed by atoms with van der Waals surface area (Å²) in [5.74, 6) is 2.57. The molecule has 1 heterocycles. The molecular weight excluding hydrogens is 833 g/mol. The maximum Gasteiger partial charge on any atom is 0.0714 e. The first-order valence-electron chi connectivity index (χ1n) is 23.6. The summed E-state index contributed by atoms with van der Waals surface area (Å²) < 4.78 is 0. The number of allylic oxidation sites excluding steroid dienone is 5. The summed E-state index contributed by atoms with van der Waals surface area (Å²) >= 11 is 0. The highest BCUT2D eigenvalue weighted by Crippen LogP contribution is 2.58. The van der Waals surface area contributed by atoms with Gasteiger partial charge in [-0.05, 0) is 157 Å². The van der Waals surface area contributed by atoms with E-state index in [1.54, 1.807) is 12.2 Å². The molecule has 0 amide bonds. The molecule has 69 heavy (non-hydrogen) atoms. The van der Waals surface area contributed by atoms with Gasteiger partial charge in [-0.25, -0.2) is 0 Å². The van der Waals surface area contributed by atoms with Crippen molar-refractivity contribution < 1.29 is 0 Å². The Morgan fingerprint density at radius 3 is 1.72 bits per heavy atom. The van der Waals surface area contributed by atoms with Crippen molar-refractivity contribution in [3.8, 4) is 23.5 Å². The molecule has 1 aliphatic heterocycles. The van der Waals surface area contributed by atoms with E-state index in [4.69, 9.17) is 6.42 Å². The van der Waals surface area contributed by atoms with Crippen molar-refractivity contribution in [3.05, 3.63) is 300 Å². The van der Waals surface area contributed by atoms with Crippen LogP contribution in [-0.4, -0.2) is 0 Å². The molecule has 0 N–H and O–H groups in total. The molecule has 1 aliphatic carbocycles. The van der Waals surface area contributed by atoms with Crippen LogP contribution in [0.1, 0.15) is 44.5 Å². The zero-order valence-electron chi connectivity index (χ0n) is 38.5. The predicted molar refractivity (Wildman–Crippen MR) is 294 cm³/mol. The van der Waals surface area contributed by atoms with Gasteiger partial charge < -0.3 is 9.80 Å². The number of terminal acetylenes is 1. The minimum absolute atomic E-state index is 0.569. The van der Waals surface area contributed by atoms with Gasteiger partial charge in [0.25, 0.3) is 0 Å². The largest absolute Gasteiger partial charge is 0.312 e. The van der Waals surface area contributed by atoms with Crippen molar-refractivity contribution in [2.24, 2.45) is 0 Å². The van der Waals surface area contributed by atoms with Gasteiger partial charge in [-0.1, -0.05) is 196 Å². The summed E-state index contributed by atoms with van der Waals surface area (Å²) in [6.07, 6.45) is 21.0. The van der Waals surface area contributed by atoms with Gasteiger partial charge in [-0.15, -0.1) is 6.42 Å². The molecule has 0 unspecified atom stereocenters. The standard InChI is InChI=1S/C67H50N2/c1-5-7-19-47(3)68(48(4)20-8-6-2)57-37-41-60-54(45-57)36-35-53-43-49(31-39-59(53)60)29-30-50-32-40-61-62-42-38-58(69-65-27-17-15-21-51(65)33-34-52-22-16-18-28-66(52)69)46-64(62)67(63(61)44-50,55-23-11-9-12-24-55)56-25-13-10-14-26-56/h1,6-32,35-46H,2-4,33-34H2/b19-7-,20-8-,30-29+. The van der Waals surface area contributed by atoms with Crippen LogP contribution in [0.3, 0.4) is 0 Å². The van der Waals surface area contributed by atoms with Gasteiger partial charge in [0, 0.05) is 34.1 Å². The Morgan fingerprint density at radius 1 is 0.551 bits per heavy atom. The number of rotatable bonds is 11. The zero-order valence-corrected chi connectivity index (χ0v) is 38.5. The third kappa shape index (κ3) is 7.52. The molecule has 0 aromatic heterocycles. The number of hydrogen-bond donors (Lipinski definition) is 0. The quantitative estimate of drug-likeness (QED) is 0.0553. The average molecular weight is 883 g/mol. The number of nitrogens with zero attached hydrogens (tertiary/aromatic N) is 2.